The van der Waals surface area contributed by atoms with E-state index in [1.54, 1.807) is 0 Å². The molecular weight excluding hydrogens is 204 g/mol. The van der Waals surface area contributed by atoms with Gasteiger partial charge in [-0.2, -0.15) is 0 Å². The van der Waals surface area contributed by atoms with Crippen molar-refractivity contribution in [3.63, 3.8) is 0 Å². The maximum Gasteiger partial charge on any atom is 0.320 e. The summed E-state index contributed by atoms with van der Waals surface area (Å²) in [5.41, 5.74) is -0.391. The molecule has 1 aliphatic heterocycles. The predicted octanol–water partition coefficient (Wildman–Crippen LogP) is 1.01. The first kappa shape index (κ1) is 13.5. The molecule has 4 heteroatoms. The van der Waals surface area contributed by atoms with E-state index in [9.17, 15) is 4.79 Å². The van der Waals surface area contributed by atoms with Crippen LogP contribution in [0.3, 0.4) is 0 Å². The largest absolute Gasteiger partial charge is 0.459 e. The van der Waals surface area contributed by atoms with Crippen molar-refractivity contribution in [1.82, 2.24) is 10.2 Å². The molecule has 16 heavy (non-hydrogen) atoms. The maximum absolute atomic E-state index is 11.7. The Bertz CT molecular complexity index is 238. The molecule has 0 spiro atoms. The lowest BCUT2D eigenvalue weighted by molar-refractivity contribution is -0.157. The SMILES string of the molecule is C[C@@H]1CNC[C@H](C)N1CC(=O)OC(C)(C)C. The summed E-state index contributed by atoms with van der Waals surface area (Å²) in [5, 5.41) is 3.34. The Morgan fingerprint density at radius 3 is 2.25 bits per heavy atom. The molecule has 0 aromatic carbocycles. The maximum atomic E-state index is 11.7. The number of esters is 1. The zero-order valence-corrected chi connectivity index (χ0v) is 11.0. The van der Waals surface area contributed by atoms with Crippen molar-refractivity contribution >= 4 is 5.97 Å². The van der Waals surface area contributed by atoms with Crippen LogP contribution < -0.4 is 5.32 Å². The molecule has 0 radical (unpaired) electrons. The normalized spacial score (nSPS) is 27.8. The first-order valence-electron chi connectivity index (χ1n) is 5.98. The number of ether oxygens (including phenoxy) is 1. The number of piperazine rings is 1. The van der Waals surface area contributed by atoms with E-state index in [0.29, 0.717) is 18.6 Å². The van der Waals surface area contributed by atoms with E-state index in [-0.39, 0.29) is 5.97 Å². The highest BCUT2D eigenvalue weighted by molar-refractivity contribution is 5.72. The van der Waals surface area contributed by atoms with Gasteiger partial charge in [0, 0.05) is 25.2 Å². The summed E-state index contributed by atoms with van der Waals surface area (Å²) in [6, 6.07) is 0.771. The third kappa shape index (κ3) is 4.10. The van der Waals surface area contributed by atoms with Crippen LogP contribution in [-0.2, 0) is 9.53 Å². The third-order valence-corrected chi connectivity index (χ3v) is 2.74. The minimum absolute atomic E-state index is 0.131. The summed E-state index contributed by atoms with van der Waals surface area (Å²) in [6.45, 7) is 12.2. The number of rotatable bonds is 2. The van der Waals surface area contributed by atoms with E-state index in [2.05, 4.69) is 24.1 Å². The lowest BCUT2D eigenvalue weighted by Crippen LogP contribution is -2.56. The van der Waals surface area contributed by atoms with Gasteiger partial charge in [-0.1, -0.05) is 0 Å². The lowest BCUT2D eigenvalue weighted by atomic mass is 10.1. The molecule has 1 aliphatic rings. The van der Waals surface area contributed by atoms with E-state index in [1.807, 2.05) is 20.8 Å². The minimum atomic E-state index is -0.391. The van der Waals surface area contributed by atoms with Gasteiger partial charge in [-0.05, 0) is 34.6 Å². The van der Waals surface area contributed by atoms with E-state index >= 15 is 0 Å². The average molecular weight is 228 g/mol. The van der Waals surface area contributed by atoms with Crippen LogP contribution in [0.25, 0.3) is 0 Å². The van der Waals surface area contributed by atoms with Gasteiger partial charge in [-0.15, -0.1) is 0 Å². The molecule has 0 amide bonds. The van der Waals surface area contributed by atoms with Crippen molar-refractivity contribution in [2.45, 2.75) is 52.3 Å². The summed E-state index contributed by atoms with van der Waals surface area (Å²) in [7, 11) is 0. The van der Waals surface area contributed by atoms with E-state index < -0.39 is 5.60 Å². The monoisotopic (exact) mass is 228 g/mol. The molecule has 2 atom stereocenters. The molecule has 0 aliphatic carbocycles. The van der Waals surface area contributed by atoms with E-state index in [4.69, 9.17) is 4.74 Å². The number of hydrogen-bond donors (Lipinski definition) is 1. The third-order valence-electron chi connectivity index (χ3n) is 2.74. The van der Waals surface area contributed by atoms with Crippen molar-refractivity contribution in [2.75, 3.05) is 19.6 Å². The van der Waals surface area contributed by atoms with Crippen LogP contribution in [0, 0.1) is 0 Å². The fraction of sp³-hybridized carbons (Fsp3) is 0.917. The Kier molecular flexibility index (Phi) is 4.33. The first-order chi connectivity index (χ1) is 7.29. The van der Waals surface area contributed by atoms with Gasteiger partial charge in [0.1, 0.15) is 5.60 Å². The topological polar surface area (TPSA) is 41.6 Å². The van der Waals surface area contributed by atoms with Crippen molar-refractivity contribution in [3.05, 3.63) is 0 Å². The molecule has 0 aromatic rings. The molecule has 1 heterocycles. The van der Waals surface area contributed by atoms with Gasteiger partial charge >= 0.3 is 5.97 Å². The second-order valence-corrected chi connectivity index (χ2v) is 5.62. The van der Waals surface area contributed by atoms with Crippen LogP contribution in [0.2, 0.25) is 0 Å². The molecular formula is C12H24N2O2. The summed E-state index contributed by atoms with van der Waals surface area (Å²) in [6.07, 6.45) is 0. The molecule has 4 nitrogen and oxygen atoms in total. The van der Waals surface area contributed by atoms with Crippen molar-refractivity contribution in [1.29, 1.82) is 0 Å². The summed E-state index contributed by atoms with van der Waals surface area (Å²) in [5.74, 6) is -0.131. The van der Waals surface area contributed by atoms with Crippen LogP contribution >= 0.6 is 0 Å². The second kappa shape index (κ2) is 5.15. The Labute approximate surface area is 98.3 Å². The summed E-state index contributed by atoms with van der Waals surface area (Å²) < 4.78 is 5.34. The zero-order valence-electron chi connectivity index (χ0n) is 11.0. The first-order valence-corrected chi connectivity index (χ1v) is 5.98. The zero-order chi connectivity index (χ0) is 12.3. The smallest absolute Gasteiger partial charge is 0.320 e. The van der Waals surface area contributed by atoms with Crippen molar-refractivity contribution < 1.29 is 9.53 Å². The van der Waals surface area contributed by atoms with Crippen LogP contribution in [0.1, 0.15) is 34.6 Å². The Balaban J connectivity index is 2.48. The fourth-order valence-corrected chi connectivity index (χ4v) is 2.00. The van der Waals surface area contributed by atoms with Gasteiger partial charge in [-0.25, -0.2) is 0 Å². The minimum Gasteiger partial charge on any atom is -0.459 e. The Hall–Kier alpha value is -0.610. The number of nitrogens with zero attached hydrogens (tertiary/aromatic N) is 1. The van der Waals surface area contributed by atoms with Gasteiger partial charge in [0.2, 0.25) is 0 Å². The van der Waals surface area contributed by atoms with Crippen LogP contribution in [-0.4, -0.2) is 48.2 Å². The molecule has 1 rings (SSSR count). The van der Waals surface area contributed by atoms with Gasteiger partial charge in [0.05, 0.1) is 6.54 Å². The molecule has 94 valence electrons. The van der Waals surface area contributed by atoms with E-state index in [0.717, 1.165) is 13.1 Å². The van der Waals surface area contributed by atoms with Crippen molar-refractivity contribution in [3.8, 4) is 0 Å². The standard InChI is InChI=1S/C12H24N2O2/c1-9-6-13-7-10(2)14(9)8-11(15)16-12(3,4)5/h9-10,13H,6-8H2,1-5H3/t9-,10+. The number of carbonyl (C=O) groups excluding carboxylic acids is 1. The van der Waals surface area contributed by atoms with Gasteiger partial charge < -0.3 is 10.1 Å². The molecule has 0 saturated carbocycles. The summed E-state index contributed by atoms with van der Waals surface area (Å²) in [4.78, 5) is 13.9. The molecule has 0 aromatic heterocycles. The highest BCUT2D eigenvalue weighted by Crippen LogP contribution is 2.12. The average Bonchev–Trinajstić information content (AvgIpc) is 2.08. The molecule has 1 saturated heterocycles. The molecule has 1 N–H and O–H groups in total. The van der Waals surface area contributed by atoms with Crippen molar-refractivity contribution in [2.24, 2.45) is 0 Å². The molecule has 0 unspecified atom stereocenters. The highest BCUT2D eigenvalue weighted by Gasteiger charge is 2.28. The second-order valence-electron chi connectivity index (χ2n) is 5.62. The predicted molar refractivity (Wildman–Crippen MR) is 64.3 cm³/mol. The fourth-order valence-electron chi connectivity index (χ4n) is 2.00. The van der Waals surface area contributed by atoms with Crippen LogP contribution in [0.15, 0.2) is 0 Å². The number of hydrogen-bond acceptors (Lipinski definition) is 4. The van der Waals surface area contributed by atoms with Crippen LogP contribution in [0.4, 0.5) is 0 Å². The van der Waals surface area contributed by atoms with Gasteiger partial charge in [-0.3, -0.25) is 9.69 Å². The van der Waals surface area contributed by atoms with Gasteiger partial charge in [0.25, 0.3) is 0 Å². The summed E-state index contributed by atoms with van der Waals surface area (Å²) >= 11 is 0. The Morgan fingerprint density at radius 1 is 1.31 bits per heavy atom. The number of nitrogens with one attached hydrogen (secondary N) is 1. The number of carbonyl (C=O) groups is 1. The quantitative estimate of drug-likeness (QED) is 0.716. The van der Waals surface area contributed by atoms with Crippen LogP contribution in [0.5, 0.6) is 0 Å². The molecule has 1 fully saturated rings. The Morgan fingerprint density at radius 2 is 1.81 bits per heavy atom. The van der Waals surface area contributed by atoms with E-state index in [1.165, 1.54) is 0 Å². The lowest BCUT2D eigenvalue weighted by Gasteiger charge is -2.39. The van der Waals surface area contributed by atoms with Gasteiger partial charge in [0.15, 0.2) is 0 Å². The molecule has 0 bridgehead atoms. The highest BCUT2D eigenvalue weighted by atomic mass is 16.6.